The standard InChI is InChI=1S/C16H20N6O/c1-3-16(2,23)12-21(11-13-7-5-4-6-8-13)15-10-9-14-17-19-20-22(14)18-15/h4-10,23H,3,11-12H2,1-2H3. The number of rotatable bonds is 6. The van der Waals surface area contributed by atoms with E-state index in [-0.39, 0.29) is 0 Å². The lowest BCUT2D eigenvalue weighted by atomic mass is 10.0. The van der Waals surface area contributed by atoms with Crippen LogP contribution in [-0.4, -0.2) is 42.5 Å². The number of hydrogen-bond donors (Lipinski definition) is 1. The second kappa shape index (κ2) is 6.29. The highest BCUT2D eigenvalue weighted by atomic mass is 16.3. The van der Waals surface area contributed by atoms with Gasteiger partial charge in [-0.25, -0.2) is 0 Å². The fourth-order valence-corrected chi connectivity index (χ4v) is 2.35. The van der Waals surface area contributed by atoms with Crippen LogP contribution in [-0.2, 0) is 6.54 Å². The Bertz CT molecular complexity index is 770. The SMILES string of the molecule is CCC(C)(O)CN(Cc1ccccc1)c1ccc2nnnn2n1. The normalized spacial score (nSPS) is 13.9. The molecule has 0 aliphatic carbocycles. The zero-order chi connectivity index (χ0) is 16.3. The van der Waals surface area contributed by atoms with Crippen LogP contribution < -0.4 is 4.90 Å². The van der Waals surface area contributed by atoms with E-state index in [4.69, 9.17) is 0 Å². The third-order valence-corrected chi connectivity index (χ3v) is 3.89. The third-order valence-electron chi connectivity index (χ3n) is 3.89. The molecule has 2 aromatic heterocycles. The molecule has 0 saturated heterocycles. The molecule has 7 nitrogen and oxygen atoms in total. The summed E-state index contributed by atoms with van der Waals surface area (Å²) < 4.78 is 1.40. The summed E-state index contributed by atoms with van der Waals surface area (Å²) >= 11 is 0. The van der Waals surface area contributed by atoms with Gasteiger partial charge in [-0.05, 0) is 41.5 Å². The van der Waals surface area contributed by atoms with Gasteiger partial charge in [0.05, 0.1) is 5.60 Å². The van der Waals surface area contributed by atoms with Crippen LogP contribution in [0.5, 0.6) is 0 Å². The van der Waals surface area contributed by atoms with Crippen molar-refractivity contribution in [3.05, 3.63) is 48.0 Å². The second-order valence-corrected chi connectivity index (χ2v) is 5.91. The van der Waals surface area contributed by atoms with Crippen LogP contribution in [0.2, 0.25) is 0 Å². The largest absolute Gasteiger partial charge is 0.388 e. The van der Waals surface area contributed by atoms with E-state index in [9.17, 15) is 5.11 Å². The number of fused-ring (bicyclic) bond motifs is 1. The van der Waals surface area contributed by atoms with E-state index in [1.165, 1.54) is 4.63 Å². The molecule has 0 radical (unpaired) electrons. The number of aromatic nitrogens is 5. The summed E-state index contributed by atoms with van der Waals surface area (Å²) in [5.74, 6) is 0.724. The Kier molecular flexibility index (Phi) is 4.20. The fourth-order valence-electron chi connectivity index (χ4n) is 2.35. The lowest BCUT2D eigenvalue weighted by Crippen LogP contribution is -2.40. The first-order valence-electron chi connectivity index (χ1n) is 7.64. The van der Waals surface area contributed by atoms with Gasteiger partial charge in [-0.3, -0.25) is 0 Å². The number of aliphatic hydroxyl groups is 1. The average Bonchev–Trinajstić information content (AvgIpc) is 3.02. The summed E-state index contributed by atoms with van der Waals surface area (Å²) in [6.07, 6.45) is 0.658. The van der Waals surface area contributed by atoms with Gasteiger partial charge in [0.25, 0.3) is 0 Å². The summed E-state index contributed by atoms with van der Waals surface area (Å²) in [6, 6.07) is 13.8. The molecule has 3 rings (SSSR count). The van der Waals surface area contributed by atoms with Crippen molar-refractivity contribution in [1.29, 1.82) is 0 Å². The van der Waals surface area contributed by atoms with Crippen molar-refractivity contribution < 1.29 is 5.11 Å². The van der Waals surface area contributed by atoms with Gasteiger partial charge >= 0.3 is 0 Å². The molecule has 23 heavy (non-hydrogen) atoms. The second-order valence-electron chi connectivity index (χ2n) is 5.91. The highest BCUT2D eigenvalue weighted by Gasteiger charge is 2.23. The molecule has 0 fully saturated rings. The van der Waals surface area contributed by atoms with Crippen molar-refractivity contribution in [2.24, 2.45) is 0 Å². The Morgan fingerprint density at radius 3 is 2.70 bits per heavy atom. The number of tetrazole rings is 1. The van der Waals surface area contributed by atoms with Crippen molar-refractivity contribution in [2.75, 3.05) is 11.4 Å². The van der Waals surface area contributed by atoms with Crippen LogP contribution in [0.25, 0.3) is 5.65 Å². The zero-order valence-corrected chi connectivity index (χ0v) is 13.3. The molecule has 0 spiro atoms. The molecule has 1 aromatic carbocycles. The summed E-state index contributed by atoms with van der Waals surface area (Å²) in [4.78, 5) is 2.04. The molecule has 120 valence electrons. The molecule has 0 saturated carbocycles. The van der Waals surface area contributed by atoms with E-state index in [1.807, 2.05) is 49.1 Å². The van der Waals surface area contributed by atoms with Crippen molar-refractivity contribution in [3.8, 4) is 0 Å². The van der Waals surface area contributed by atoms with E-state index >= 15 is 0 Å². The van der Waals surface area contributed by atoms with Crippen LogP contribution in [0.3, 0.4) is 0 Å². The lowest BCUT2D eigenvalue weighted by Gasteiger charge is -2.31. The van der Waals surface area contributed by atoms with Crippen molar-refractivity contribution in [1.82, 2.24) is 25.3 Å². The van der Waals surface area contributed by atoms with Crippen molar-refractivity contribution in [3.63, 3.8) is 0 Å². The predicted octanol–water partition coefficient (Wildman–Crippen LogP) is 1.69. The fraction of sp³-hybridized carbons (Fsp3) is 0.375. The predicted molar refractivity (Wildman–Crippen MR) is 87.0 cm³/mol. The number of nitrogens with zero attached hydrogens (tertiary/aromatic N) is 6. The molecular formula is C16H20N6O. The Morgan fingerprint density at radius 2 is 1.96 bits per heavy atom. The number of hydrogen-bond acceptors (Lipinski definition) is 6. The van der Waals surface area contributed by atoms with Gasteiger partial charge in [0, 0.05) is 13.1 Å². The Labute approximate surface area is 134 Å². The van der Waals surface area contributed by atoms with E-state index in [2.05, 4.69) is 32.8 Å². The van der Waals surface area contributed by atoms with E-state index < -0.39 is 5.60 Å². The molecule has 0 bridgehead atoms. The quantitative estimate of drug-likeness (QED) is 0.746. The van der Waals surface area contributed by atoms with Crippen LogP contribution in [0.4, 0.5) is 5.82 Å². The highest BCUT2D eigenvalue weighted by molar-refractivity contribution is 5.45. The molecule has 1 atom stereocenters. The summed E-state index contributed by atoms with van der Waals surface area (Å²) in [5.41, 5.74) is 0.945. The number of benzene rings is 1. The van der Waals surface area contributed by atoms with Crippen molar-refractivity contribution >= 4 is 11.5 Å². The minimum Gasteiger partial charge on any atom is -0.388 e. The molecule has 1 unspecified atom stereocenters. The first kappa shape index (κ1) is 15.4. The lowest BCUT2D eigenvalue weighted by molar-refractivity contribution is 0.0624. The van der Waals surface area contributed by atoms with Crippen LogP contribution in [0, 0.1) is 0 Å². The first-order valence-corrected chi connectivity index (χ1v) is 7.64. The molecule has 0 aliphatic rings. The average molecular weight is 312 g/mol. The Hall–Kier alpha value is -2.54. The molecule has 1 N–H and O–H groups in total. The van der Waals surface area contributed by atoms with E-state index in [0.717, 1.165) is 11.4 Å². The summed E-state index contributed by atoms with van der Waals surface area (Å²) in [5, 5.41) is 26.3. The van der Waals surface area contributed by atoms with Crippen molar-refractivity contribution in [2.45, 2.75) is 32.4 Å². The van der Waals surface area contributed by atoms with Gasteiger partial charge in [-0.2, -0.15) is 0 Å². The molecule has 0 amide bonds. The minimum atomic E-state index is -0.800. The minimum absolute atomic E-state index is 0.471. The summed E-state index contributed by atoms with van der Waals surface area (Å²) in [7, 11) is 0. The molecule has 3 aromatic rings. The maximum Gasteiger partial charge on any atom is 0.200 e. The maximum atomic E-state index is 10.5. The topological polar surface area (TPSA) is 79.4 Å². The molecule has 0 aliphatic heterocycles. The van der Waals surface area contributed by atoms with Crippen LogP contribution in [0.15, 0.2) is 42.5 Å². The maximum absolute atomic E-state index is 10.5. The van der Waals surface area contributed by atoms with Crippen LogP contribution in [0.1, 0.15) is 25.8 Å². The molecule has 7 heteroatoms. The van der Waals surface area contributed by atoms with Gasteiger partial charge in [-0.15, -0.1) is 14.8 Å². The van der Waals surface area contributed by atoms with E-state index in [1.54, 1.807) is 0 Å². The van der Waals surface area contributed by atoms with Gasteiger partial charge in [0.2, 0.25) is 0 Å². The van der Waals surface area contributed by atoms with Gasteiger partial charge in [0.1, 0.15) is 0 Å². The first-order chi connectivity index (χ1) is 11.1. The van der Waals surface area contributed by atoms with Gasteiger partial charge in [0.15, 0.2) is 11.5 Å². The van der Waals surface area contributed by atoms with E-state index in [0.29, 0.717) is 25.2 Å². The molecular weight excluding hydrogens is 292 g/mol. The Morgan fingerprint density at radius 1 is 1.17 bits per heavy atom. The smallest absolute Gasteiger partial charge is 0.200 e. The van der Waals surface area contributed by atoms with Crippen LogP contribution >= 0.6 is 0 Å². The zero-order valence-electron chi connectivity index (χ0n) is 13.3. The van der Waals surface area contributed by atoms with Gasteiger partial charge in [-0.1, -0.05) is 37.3 Å². The molecule has 2 heterocycles. The number of anilines is 1. The summed E-state index contributed by atoms with van der Waals surface area (Å²) in [6.45, 7) is 4.93. The highest BCUT2D eigenvalue weighted by Crippen LogP contribution is 2.20. The third kappa shape index (κ3) is 3.62. The Balaban J connectivity index is 1.92. The van der Waals surface area contributed by atoms with Gasteiger partial charge < -0.3 is 10.0 Å². The monoisotopic (exact) mass is 312 g/mol.